The minimum Gasteiger partial charge on any atom is -0.272 e. The van der Waals surface area contributed by atoms with Gasteiger partial charge in [-0.1, -0.05) is 65.2 Å². The molecule has 0 aliphatic heterocycles. The number of nitrogens with one attached hydrogen (secondary N) is 1. The molecule has 172 valence electrons. The average Bonchev–Trinajstić information content (AvgIpc) is 2.76. The summed E-state index contributed by atoms with van der Waals surface area (Å²) in [7, 11) is -4.05. The molecule has 0 unspecified atom stereocenters. The van der Waals surface area contributed by atoms with E-state index in [1.807, 2.05) is 6.92 Å². The maximum absolute atomic E-state index is 13.7. The van der Waals surface area contributed by atoms with Crippen molar-refractivity contribution >= 4 is 45.3 Å². The van der Waals surface area contributed by atoms with Crippen molar-refractivity contribution in [3.8, 4) is 0 Å². The van der Waals surface area contributed by atoms with Crippen molar-refractivity contribution in [3.63, 3.8) is 0 Å². The second-order valence-corrected chi connectivity index (χ2v) is 9.92. The lowest BCUT2D eigenvalue weighted by Gasteiger charge is -2.22. The number of hydrazone groups is 1. The van der Waals surface area contributed by atoms with Gasteiger partial charge in [0.25, 0.3) is 5.91 Å². The highest BCUT2D eigenvalue weighted by Crippen LogP contribution is 2.25. The minimum atomic E-state index is -4.05. The summed E-state index contributed by atoms with van der Waals surface area (Å²) in [6.45, 7) is 1.13. The number of benzene rings is 3. The van der Waals surface area contributed by atoms with Gasteiger partial charge in [0.1, 0.15) is 5.82 Å². The van der Waals surface area contributed by atoms with Crippen molar-refractivity contribution < 1.29 is 17.6 Å². The van der Waals surface area contributed by atoms with Gasteiger partial charge >= 0.3 is 0 Å². The summed E-state index contributed by atoms with van der Waals surface area (Å²) in [5.74, 6) is -1.21. The number of carbonyl (C=O) groups excluding carboxylic acids is 1. The van der Waals surface area contributed by atoms with Gasteiger partial charge in [-0.3, -0.25) is 4.79 Å². The van der Waals surface area contributed by atoms with Crippen LogP contribution in [-0.4, -0.2) is 31.4 Å². The third-order valence-electron chi connectivity index (χ3n) is 4.64. The van der Waals surface area contributed by atoms with Crippen LogP contribution in [0.2, 0.25) is 10.0 Å². The summed E-state index contributed by atoms with van der Waals surface area (Å²) < 4.78 is 41.3. The third kappa shape index (κ3) is 6.61. The van der Waals surface area contributed by atoms with Crippen LogP contribution >= 0.6 is 23.2 Å². The van der Waals surface area contributed by atoms with E-state index in [1.165, 1.54) is 36.4 Å². The van der Waals surface area contributed by atoms with Gasteiger partial charge in [-0.15, -0.1) is 0 Å². The fourth-order valence-corrected chi connectivity index (χ4v) is 4.72. The van der Waals surface area contributed by atoms with Gasteiger partial charge in [0.05, 0.1) is 17.7 Å². The first-order valence-corrected chi connectivity index (χ1v) is 11.9. The van der Waals surface area contributed by atoms with Crippen LogP contribution in [0.1, 0.15) is 16.7 Å². The largest absolute Gasteiger partial charge is 0.272 e. The highest BCUT2D eigenvalue weighted by Gasteiger charge is 2.27. The summed E-state index contributed by atoms with van der Waals surface area (Å²) in [5, 5.41) is 4.40. The zero-order valence-electron chi connectivity index (χ0n) is 17.5. The van der Waals surface area contributed by atoms with E-state index in [2.05, 4.69) is 10.5 Å². The number of carbonyl (C=O) groups is 1. The van der Waals surface area contributed by atoms with Crippen LogP contribution in [0.3, 0.4) is 0 Å². The topological polar surface area (TPSA) is 78.8 Å². The Kier molecular flexibility index (Phi) is 8.20. The van der Waals surface area contributed by atoms with E-state index in [0.29, 0.717) is 10.6 Å². The van der Waals surface area contributed by atoms with Gasteiger partial charge in [-0.25, -0.2) is 18.2 Å². The van der Waals surface area contributed by atoms with Crippen molar-refractivity contribution in [2.45, 2.75) is 18.4 Å². The summed E-state index contributed by atoms with van der Waals surface area (Å²) in [5.41, 5.74) is 3.77. The molecule has 1 N–H and O–H groups in total. The molecule has 0 aliphatic rings. The first-order valence-electron chi connectivity index (χ1n) is 9.74. The van der Waals surface area contributed by atoms with Gasteiger partial charge in [0.15, 0.2) is 0 Å². The number of hydrogen-bond donors (Lipinski definition) is 1. The summed E-state index contributed by atoms with van der Waals surface area (Å²) in [4.78, 5) is 12.5. The molecule has 3 rings (SSSR count). The maximum atomic E-state index is 13.7. The number of amides is 1. The molecule has 0 heterocycles. The van der Waals surface area contributed by atoms with Crippen LogP contribution in [-0.2, 0) is 21.4 Å². The molecule has 0 bridgehead atoms. The SMILES string of the molecule is Cc1ccc(S(=O)(=O)N(CC(=O)N/N=C\c2ccccc2F)Cc2ccc(Cl)cc2Cl)cc1. The monoisotopic (exact) mass is 507 g/mol. The Morgan fingerprint density at radius 3 is 2.45 bits per heavy atom. The van der Waals surface area contributed by atoms with E-state index in [-0.39, 0.29) is 22.0 Å². The average molecular weight is 508 g/mol. The zero-order chi connectivity index (χ0) is 24.0. The molecule has 0 spiro atoms. The number of halogens is 3. The molecule has 0 radical (unpaired) electrons. The van der Waals surface area contributed by atoms with Gasteiger partial charge in [0.2, 0.25) is 10.0 Å². The van der Waals surface area contributed by atoms with Crippen molar-refractivity contribution in [1.29, 1.82) is 0 Å². The molecule has 0 saturated heterocycles. The van der Waals surface area contributed by atoms with E-state index >= 15 is 0 Å². The molecule has 6 nitrogen and oxygen atoms in total. The highest BCUT2D eigenvalue weighted by atomic mass is 35.5. The normalized spacial score (nSPS) is 11.8. The Morgan fingerprint density at radius 2 is 1.79 bits per heavy atom. The Morgan fingerprint density at radius 1 is 1.09 bits per heavy atom. The molecular formula is C23H20Cl2FN3O3S. The molecule has 0 saturated carbocycles. The molecule has 0 atom stereocenters. The number of aryl methyl sites for hydroxylation is 1. The predicted octanol–water partition coefficient (Wildman–Crippen LogP) is 4.78. The summed E-state index contributed by atoms with van der Waals surface area (Å²) in [6.07, 6.45) is 1.14. The van der Waals surface area contributed by atoms with Gasteiger partial charge in [-0.05, 0) is 42.8 Å². The van der Waals surface area contributed by atoms with Crippen LogP contribution in [0.25, 0.3) is 0 Å². The lowest BCUT2D eigenvalue weighted by atomic mass is 10.2. The quantitative estimate of drug-likeness (QED) is 0.351. The molecule has 33 heavy (non-hydrogen) atoms. The van der Waals surface area contributed by atoms with E-state index in [0.717, 1.165) is 16.1 Å². The summed E-state index contributed by atoms with van der Waals surface area (Å²) >= 11 is 12.2. The number of nitrogens with zero attached hydrogens (tertiary/aromatic N) is 2. The van der Waals surface area contributed by atoms with Crippen LogP contribution in [0.15, 0.2) is 76.7 Å². The predicted molar refractivity (Wildman–Crippen MR) is 127 cm³/mol. The van der Waals surface area contributed by atoms with Crippen molar-refractivity contribution in [1.82, 2.24) is 9.73 Å². The second-order valence-electron chi connectivity index (χ2n) is 7.14. The smallest absolute Gasteiger partial charge is 0.255 e. The number of hydrogen-bond acceptors (Lipinski definition) is 4. The lowest BCUT2D eigenvalue weighted by molar-refractivity contribution is -0.121. The Labute approximate surface area is 201 Å². The van der Waals surface area contributed by atoms with Gasteiger partial charge < -0.3 is 0 Å². The molecule has 10 heteroatoms. The number of rotatable bonds is 8. The Bertz CT molecular complexity index is 1280. The molecule has 1 amide bonds. The van der Waals surface area contributed by atoms with Gasteiger partial charge in [-0.2, -0.15) is 9.41 Å². The van der Waals surface area contributed by atoms with Crippen LogP contribution < -0.4 is 5.43 Å². The second kappa shape index (κ2) is 10.9. The van der Waals surface area contributed by atoms with Crippen molar-refractivity contribution in [2.24, 2.45) is 5.10 Å². The first-order chi connectivity index (χ1) is 15.7. The van der Waals surface area contributed by atoms with E-state index in [1.54, 1.807) is 30.3 Å². The van der Waals surface area contributed by atoms with Crippen LogP contribution in [0.4, 0.5) is 4.39 Å². The molecule has 0 aliphatic carbocycles. The zero-order valence-corrected chi connectivity index (χ0v) is 19.8. The molecule has 0 fully saturated rings. The van der Waals surface area contributed by atoms with E-state index < -0.39 is 28.3 Å². The van der Waals surface area contributed by atoms with Crippen molar-refractivity contribution in [2.75, 3.05) is 6.54 Å². The van der Waals surface area contributed by atoms with Gasteiger partial charge in [0, 0.05) is 22.2 Å². The minimum absolute atomic E-state index is 0.0286. The number of sulfonamides is 1. The van der Waals surface area contributed by atoms with E-state index in [4.69, 9.17) is 23.2 Å². The summed E-state index contributed by atoms with van der Waals surface area (Å²) in [6, 6.07) is 16.8. The lowest BCUT2D eigenvalue weighted by Crippen LogP contribution is -2.39. The molecule has 3 aromatic carbocycles. The fourth-order valence-electron chi connectivity index (χ4n) is 2.87. The highest BCUT2D eigenvalue weighted by molar-refractivity contribution is 7.89. The molecule has 3 aromatic rings. The molecular weight excluding hydrogens is 488 g/mol. The first kappa shape index (κ1) is 24.9. The Balaban J connectivity index is 1.83. The fraction of sp³-hybridized carbons (Fsp3) is 0.130. The molecule has 0 aromatic heterocycles. The van der Waals surface area contributed by atoms with E-state index in [9.17, 15) is 17.6 Å². The third-order valence-corrected chi connectivity index (χ3v) is 7.03. The van der Waals surface area contributed by atoms with Crippen LogP contribution in [0, 0.1) is 12.7 Å². The Hall–Kier alpha value is -2.78. The van der Waals surface area contributed by atoms with Crippen molar-refractivity contribution in [3.05, 3.63) is 99.3 Å². The standard InChI is InChI=1S/C23H20Cl2FN3O3S/c1-16-6-10-20(11-7-16)33(31,32)29(14-18-8-9-19(24)12-21(18)25)15-23(30)28-27-13-17-4-2-3-5-22(17)26/h2-13H,14-15H2,1H3,(H,28,30)/b27-13-. The maximum Gasteiger partial charge on any atom is 0.255 e. The van der Waals surface area contributed by atoms with Crippen LogP contribution in [0.5, 0.6) is 0 Å².